The standard InChI is InChI=1S/C20H22N4O3S/c25-17(23-19-21-14-7-4-8-16(14)28-19)10-9-15-18(26)24(20(27)22-15)12-11-13-5-2-1-3-6-13/h1-3,5-6,15H,4,7-12H2,(H,22,27)(H,21,23,25)/t15-/m1/s1. The molecule has 0 bridgehead atoms. The van der Waals surface area contributed by atoms with E-state index < -0.39 is 6.04 Å². The highest BCUT2D eigenvalue weighted by Crippen LogP contribution is 2.30. The topological polar surface area (TPSA) is 91.4 Å². The maximum Gasteiger partial charge on any atom is 0.324 e. The number of thiazole rings is 1. The van der Waals surface area contributed by atoms with Crippen LogP contribution in [0.2, 0.25) is 0 Å². The summed E-state index contributed by atoms with van der Waals surface area (Å²) in [7, 11) is 0. The summed E-state index contributed by atoms with van der Waals surface area (Å²) in [5, 5.41) is 6.12. The van der Waals surface area contributed by atoms with Crippen LogP contribution in [0.1, 0.15) is 35.4 Å². The molecule has 2 N–H and O–H groups in total. The summed E-state index contributed by atoms with van der Waals surface area (Å²) < 4.78 is 0. The van der Waals surface area contributed by atoms with Crippen LogP contribution in [-0.2, 0) is 28.9 Å². The van der Waals surface area contributed by atoms with E-state index in [9.17, 15) is 14.4 Å². The summed E-state index contributed by atoms with van der Waals surface area (Å²) in [5.41, 5.74) is 2.16. The van der Waals surface area contributed by atoms with E-state index in [0.29, 0.717) is 18.1 Å². The second kappa shape index (κ2) is 8.10. The molecule has 1 fully saturated rings. The molecule has 1 atom stereocenters. The Hall–Kier alpha value is -2.74. The zero-order valence-corrected chi connectivity index (χ0v) is 16.3. The van der Waals surface area contributed by atoms with Crippen LogP contribution in [-0.4, -0.2) is 40.3 Å². The maximum absolute atomic E-state index is 12.5. The van der Waals surface area contributed by atoms with E-state index in [1.165, 1.54) is 21.1 Å². The molecule has 146 valence electrons. The van der Waals surface area contributed by atoms with Crippen molar-refractivity contribution in [2.75, 3.05) is 11.9 Å². The molecule has 2 aromatic rings. The van der Waals surface area contributed by atoms with Gasteiger partial charge in [-0.3, -0.25) is 14.5 Å². The number of benzene rings is 1. The normalized spacial score (nSPS) is 18.3. The minimum absolute atomic E-state index is 0.160. The Morgan fingerprint density at radius 3 is 2.86 bits per heavy atom. The SMILES string of the molecule is O=C(CC[C@H]1NC(=O)N(CCc2ccccc2)C1=O)Nc1nc2c(s1)CCC2. The predicted molar refractivity (Wildman–Crippen MR) is 106 cm³/mol. The van der Waals surface area contributed by atoms with Gasteiger partial charge in [0.1, 0.15) is 6.04 Å². The van der Waals surface area contributed by atoms with Crippen LogP contribution in [0.25, 0.3) is 0 Å². The number of imide groups is 1. The number of urea groups is 1. The maximum atomic E-state index is 12.5. The summed E-state index contributed by atoms with van der Waals surface area (Å²) in [6.45, 7) is 0.335. The highest BCUT2D eigenvalue weighted by molar-refractivity contribution is 7.15. The van der Waals surface area contributed by atoms with Gasteiger partial charge in [-0.05, 0) is 37.7 Å². The third-order valence-electron chi connectivity index (χ3n) is 5.08. The van der Waals surface area contributed by atoms with Gasteiger partial charge in [-0.25, -0.2) is 9.78 Å². The van der Waals surface area contributed by atoms with Crippen LogP contribution in [0.15, 0.2) is 30.3 Å². The van der Waals surface area contributed by atoms with Gasteiger partial charge in [-0.2, -0.15) is 0 Å². The molecule has 0 saturated carbocycles. The van der Waals surface area contributed by atoms with Crippen LogP contribution in [0.4, 0.5) is 9.93 Å². The summed E-state index contributed by atoms with van der Waals surface area (Å²) in [6, 6.07) is 8.69. The van der Waals surface area contributed by atoms with Gasteiger partial charge in [0.25, 0.3) is 5.91 Å². The lowest BCUT2D eigenvalue weighted by Crippen LogP contribution is -2.33. The quantitative estimate of drug-likeness (QED) is 0.701. The fourth-order valence-corrected chi connectivity index (χ4v) is 4.64. The van der Waals surface area contributed by atoms with E-state index in [-0.39, 0.29) is 30.7 Å². The summed E-state index contributed by atoms with van der Waals surface area (Å²) in [4.78, 5) is 43.7. The Bertz CT molecular complexity index is 875. The van der Waals surface area contributed by atoms with Crippen molar-refractivity contribution in [2.24, 2.45) is 0 Å². The minimum Gasteiger partial charge on any atom is -0.326 e. The molecule has 7 nitrogen and oxygen atoms in total. The van der Waals surface area contributed by atoms with Gasteiger partial charge >= 0.3 is 6.03 Å². The zero-order chi connectivity index (χ0) is 19.5. The van der Waals surface area contributed by atoms with Crippen LogP contribution < -0.4 is 10.6 Å². The van der Waals surface area contributed by atoms with Gasteiger partial charge in [0.05, 0.1) is 5.69 Å². The number of aryl methyl sites for hydroxylation is 2. The lowest BCUT2D eigenvalue weighted by molar-refractivity contribution is -0.127. The van der Waals surface area contributed by atoms with Gasteiger partial charge in [0.2, 0.25) is 5.91 Å². The van der Waals surface area contributed by atoms with Gasteiger partial charge in [0, 0.05) is 17.8 Å². The Kier molecular flexibility index (Phi) is 5.38. The Balaban J connectivity index is 1.25. The van der Waals surface area contributed by atoms with E-state index in [0.717, 1.165) is 30.5 Å². The molecule has 1 aromatic carbocycles. The monoisotopic (exact) mass is 398 g/mol. The third kappa shape index (κ3) is 4.06. The van der Waals surface area contributed by atoms with Crippen LogP contribution in [0.5, 0.6) is 0 Å². The molecule has 8 heteroatoms. The number of amides is 4. The van der Waals surface area contributed by atoms with Gasteiger partial charge < -0.3 is 10.6 Å². The van der Waals surface area contributed by atoms with Crippen molar-refractivity contribution in [3.8, 4) is 0 Å². The Morgan fingerprint density at radius 2 is 2.07 bits per heavy atom. The molecule has 1 aromatic heterocycles. The molecule has 4 amide bonds. The average molecular weight is 398 g/mol. The zero-order valence-electron chi connectivity index (χ0n) is 15.4. The van der Waals surface area contributed by atoms with E-state index in [1.807, 2.05) is 30.3 Å². The molecule has 0 unspecified atom stereocenters. The Labute approximate surface area is 167 Å². The van der Waals surface area contributed by atoms with Gasteiger partial charge in [-0.1, -0.05) is 30.3 Å². The lowest BCUT2D eigenvalue weighted by Gasteiger charge is -2.13. The van der Waals surface area contributed by atoms with Crippen LogP contribution >= 0.6 is 11.3 Å². The summed E-state index contributed by atoms with van der Waals surface area (Å²) in [5.74, 6) is -0.445. The predicted octanol–water partition coefficient (Wildman–Crippen LogP) is 2.51. The highest BCUT2D eigenvalue weighted by Gasteiger charge is 2.37. The second-order valence-corrected chi connectivity index (χ2v) is 8.14. The number of carbonyl (C=O) groups is 3. The smallest absolute Gasteiger partial charge is 0.324 e. The molecular formula is C20H22N4O3S. The fourth-order valence-electron chi connectivity index (χ4n) is 3.57. The van der Waals surface area contributed by atoms with Gasteiger partial charge in [0.15, 0.2) is 5.13 Å². The van der Waals surface area contributed by atoms with Crippen molar-refractivity contribution < 1.29 is 14.4 Å². The van der Waals surface area contributed by atoms with Gasteiger partial charge in [-0.15, -0.1) is 11.3 Å². The van der Waals surface area contributed by atoms with Crippen molar-refractivity contribution in [1.82, 2.24) is 15.2 Å². The first-order valence-corrected chi connectivity index (χ1v) is 10.4. The molecule has 1 aliphatic carbocycles. The number of carbonyl (C=O) groups excluding carboxylic acids is 3. The first kappa shape index (κ1) is 18.6. The Morgan fingerprint density at radius 1 is 1.25 bits per heavy atom. The third-order valence-corrected chi connectivity index (χ3v) is 6.15. The van der Waals surface area contributed by atoms with E-state index >= 15 is 0 Å². The number of rotatable bonds is 7. The molecule has 2 heterocycles. The molecule has 0 spiro atoms. The summed E-state index contributed by atoms with van der Waals surface area (Å²) in [6.07, 6.45) is 4.19. The number of hydrogen-bond donors (Lipinski definition) is 2. The second-order valence-electron chi connectivity index (χ2n) is 7.06. The number of aromatic nitrogens is 1. The molecule has 28 heavy (non-hydrogen) atoms. The first-order valence-electron chi connectivity index (χ1n) is 9.54. The van der Waals surface area contributed by atoms with Crippen molar-refractivity contribution in [3.05, 3.63) is 46.5 Å². The minimum atomic E-state index is -0.643. The van der Waals surface area contributed by atoms with Crippen molar-refractivity contribution in [2.45, 2.75) is 44.6 Å². The van der Waals surface area contributed by atoms with Crippen molar-refractivity contribution in [1.29, 1.82) is 0 Å². The van der Waals surface area contributed by atoms with Crippen LogP contribution in [0, 0.1) is 0 Å². The largest absolute Gasteiger partial charge is 0.326 e. The highest BCUT2D eigenvalue weighted by atomic mass is 32.1. The van der Waals surface area contributed by atoms with Crippen molar-refractivity contribution in [3.63, 3.8) is 0 Å². The number of nitrogens with one attached hydrogen (secondary N) is 2. The number of anilines is 1. The molecule has 0 radical (unpaired) electrons. The fraction of sp³-hybridized carbons (Fsp3) is 0.400. The number of fused-ring (bicyclic) bond motifs is 1. The molecule has 1 aliphatic heterocycles. The van der Waals surface area contributed by atoms with E-state index in [4.69, 9.17) is 0 Å². The average Bonchev–Trinajstić information content (AvgIpc) is 3.34. The molecule has 1 saturated heterocycles. The van der Waals surface area contributed by atoms with E-state index in [2.05, 4.69) is 15.6 Å². The first-order chi connectivity index (χ1) is 13.6. The van der Waals surface area contributed by atoms with E-state index in [1.54, 1.807) is 0 Å². The number of nitrogens with zero attached hydrogens (tertiary/aromatic N) is 2. The van der Waals surface area contributed by atoms with Crippen LogP contribution in [0.3, 0.4) is 0 Å². The molecule has 2 aliphatic rings. The molecule has 4 rings (SSSR count). The molecular weight excluding hydrogens is 376 g/mol. The lowest BCUT2D eigenvalue weighted by atomic mass is 10.1. The van der Waals surface area contributed by atoms with Crippen molar-refractivity contribution >= 4 is 34.3 Å². The number of hydrogen-bond acceptors (Lipinski definition) is 5. The summed E-state index contributed by atoms with van der Waals surface area (Å²) >= 11 is 1.53.